The van der Waals surface area contributed by atoms with E-state index in [1.165, 1.54) is 61.0 Å². The Morgan fingerprint density at radius 3 is 2.46 bits per heavy atom. The van der Waals surface area contributed by atoms with Crippen LogP contribution in [0.1, 0.15) is 49.5 Å². The van der Waals surface area contributed by atoms with Crippen molar-refractivity contribution in [3.8, 4) is 0 Å². The lowest BCUT2D eigenvalue weighted by Gasteiger charge is -2.26. The Bertz CT molecular complexity index is 946. The lowest BCUT2D eigenvalue weighted by atomic mass is 9.95. The van der Waals surface area contributed by atoms with Crippen molar-refractivity contribution < 1.29 is 13.2 Å². The molecule has 0 unspecified atom stereocenters. The van der Waals surface area contributed by atoms with Crippen LogP contribution in [0, 0.1) is 13.8 Å². The number of nitrogens with two attached hydrogens (primary N) is 1. The molecule has 0 radical (unpaired) electrons. The van der Waals surface area contributed by atoms with E-state index >= 15 is 0 Å². The number of primary sulfonamides is 1. The maximum Gasteiger partial charge on any atom is 0.238 e. The van der Waals surface area contributed by atoms with E-state index in [2.05, 4.69) is 21.8 Å². The molecule has 152 valence electrons. The molecule has 1 aromatic heterocycles. The zero-order chi connectivity index (χ0) is 20.3. The number of carbonyl (C=O) groups is 1. The predicted octanol–water partition coefficient (Wildman–Crippen LogP) is 3.38. The van der Waals surface area contributed by atoms with Crippen LogP contribution in [0.5, 0.6) is 0 Å². The summed E-state index contributed by atoms with van der Waals surface area (Å²) in [6, 6.07) is 6.27. The highest BCUT2D eigenvalue weighted by Gasteiger charge is 2.22. The molecule has 1 aliphatic carbocycles. The van der Waals surface area contributed by atoms with Gasteiger partial charge in [0.2, 0.25) is 15.9 Å². The molecule has 1 aromatic carbocycles. The summed E-state index contributed by atoms with van der Waals surface area (Å²) in [6.45, 7) is 4.10. The van der Waals surface area contributed by atoms with Gasteiger partial charge in [0.1, 0.15) is 0 Å². The Hall–Kier alpha value is -1.84. The van der Waals surface area contributed by atoms with Crippen LogP contribution in [-0.4, -0.2) is 29.6 Å². The zero-order valence-corrected chi connectivity index (χ0v) is 17.8. The van der Waals surface area contributed by atoms with Gasteiger partial charge in [-0.05, 0) is 51.0 Å². The van der Waals surface area contributed by atoms with Crippen LogP contribution in [0.25, 0.3) is 0 Å². The number of nitrogens with one attached hydrogen (secondary N) is 1. The van der Waals surface area contributed by atoms with Gasteiger partial charge in [-0.15, -0.1) is 0 Å². The number of thioether (sulfide) groups is 1. The molecular formula is C19H26N4O3S2. The van der Waals surface area contributed by atoms with Gasteiger partial charge in [-0.3, -0.25) is 4.79 Å². The first-order valence-corrected chi connectivity index (χ1v) is 11.9. The predicted molar refractivity (Wildman–Crippen MR) is 111 cm³/mol. The summed E-state index contributed by atoms with van der Waals surface area (Å²) < 4.78 is 24.9. The molecular weight excluding hydrogens is 396 g/mol. The largest absolute Gasteiger partial charge is 0.325 e. The highest BCUT2D eigenvalue weighted by molar-refractivity contribution is 7.99. The Morgan fingerprint density at radius 1 is 1.21 bits per heavy atom. The van der Waals surface area contributed by atoms with Crippen molar-refractivity contribution in [2.75, 3.05) is 11.1 Å². The Balaban J connectivity index is 1.64. The maximum atomic E-state index is 12.3. The fraction of sp³-hybridized carbons (Fsp3) is 0.474. The van der Waals surface area contributed by atoms with Crippen LogP contribution in [-0.2, 0) is 14.8 Å². The molecule has 3 rings (SSSR count). The van der Waals surface area contributed by atoms with Gasteiger partial charge >= 0.3 is 0 Å². The third-order valence-electron chi connectivity index (χ3n) is 5.09. The molecule has 0 spiro atoms. The molecule has 1 heterocycles. The molecule has 7 nitrogen and oxygen atoms in total. The first-order chi connectivity index (χ1) is 13.3. The minimum atomic E-state index is -3.74. The highest BCUT2D eigenvalue weighted by Crippen LogP contribution is 2.34. The third-order valence-corrected chi connectivity index (χ3v) is 6.98. The second kappa shape index (κ2) is 8.67. The normalized spacial score (nSPS) is 15.5. The number of hydrogen-bond acceptors (Lipinski definition) is 5. The summed E-state index contributed by atoms with van der Waals surface area (Å²) in [5, 5.41) is 8.75. The van der Waals surface area contributed by atoms with Gasteiger partial charge < -0.3 is 9.88 Å². The molecule has 1 saturated carbocycles. The molecule has 1 fully saturated rings. The summed E-state index contributed by atoms with van der Waals surface area (Å²) in [7, 11) is -3.74. The fourth-order valence-electron chi connectivity index (χ4n) is 3.52. The second-order valence-corrected chi connectivity index (χ2v) is 9.64. The lowest BCUT2D eigenvalue weighted by Crippen LogP contribution is -2.17. The molecule has 0 aliphatic heterocycles. The first-order valence-electron chi connectivity index (χ1n) is 9.36. The van der Waals surface area contributed by atoms with Gasteiger partial charge in [-0.25, -0.2) is 18.5 Å². The molecule has 3 N–H and O–H groups in total. The molecule has 0 saturated heterocycles. The SMILES string of the molecule is Cc1nc(SCC(=O)Nc2ccc(S(N)(=O)=O)cc2)n(C2CCCCC2)c1C. The minimum Gasteiger partial charge on any atom is -0.325 e. The summed E-state index contributed by atoms with van der Waals surface area (Å²) in [5.74, 6) is 0.0707. The highest BCUT2D eigenvalue weighted by atomic mass is 32.2. The van der Waals surface area contributed by atoms with E-state index in [1.807, 2.05) is 6.92 Å². The number of amides is 1. The summed E-state index contributed by atoms with van der Waals surface area (Å²) in [6.07, 6.45) is 6.08. The van der Waals surface area contributed by atoms with Gasteiger partial charge in [0.15, 0.2) is 5.16 Å². The minimum absolute atomic E-state index is 0.0142. The van der Waals surface area contributed by atoms with E-state index in [0.29, 0.717) is 11.7 Å². The zero-order valence-electron chi connectivity index (χ0n) is 16.1. The third kappa shape index (κ3) is 4.95. The van der Waals surface area contributed by atoms with Gasteiger partial charge in [0, 0.05) is 17.4 Å². The van der Waals surface area contributed by atoms with Crippen LogP contribution >= 0.6 is 11.8 Å². The van der Waals surface area contributed by atoms with Crippen molar-refractivity contribution in [3.63, 3.8) is 0 Å². The van der Waals surface area contributed by atoms with Crippen LogP contribution in [0.2, 0.25) is 0 Å². The summed E-state index contributed by atoms with van der Waals surface area (Å²) >= 11 is 1.43. The van der Waals surface area contributed by atoms with Crippen molar-refractivity contribution in [2.24, 2.45) is 5.14 Å². The van der Waals surface area contributed by atoms with Crippen LogP contribution < -0.4 is 10.5 Å². The standard InChI is InChI=1S/C19H26N4O3S2/c1-13-14(2)23(16-6-4-3-5-7-16)19(21-13)27-12-18(24)22-15-8-10-17(11-9-15)28(20,25)26/h8-11,16H,3-7,12H2,1-2H3,(H,22,24)(H2,20,25,26). The molecule has 28 heavy (non-hydrogen) atoms. The van der Waals surface area contributed by atoms with Crippen molar-refractivity contribution in [1.29, 1.82) is 0 Å². The van der Waals surface area contributed by atoms with E-state index in [0.717, 1.165) is 23.7 Å². The van der Waals surface area contributed by atoms with Gasteiger partial charge in [-0.2, -0.15) is 0 Å². The maximum absolute atomic E-state index is 12.3. The van der Waals surface area contributed by atoms with Crippen LogP contribution in [0.15, 0.2) is 34.3 Å². The Morgan fingerprint density at radius 2 is 1.86 bits per heavy atom. The smallest absolute Gasteiger partial charge is 0.238 e. The molecule has 0 bridgehead atoms. The number of benzene rings is 1. The number of hydrogen-bond donors (Lipinski definition) is 2. The number of nitrogens with zero attached hydrogens (tertiary/aromatic N) is 2. The van der Waals surface area contributed by atoms with E-state index < -0.39 is 10.0 Å². The number of imidazole rings is 1. The van der Waals surface area contributed by atoms with Gasteiger partial charge in [0.05, 0.1) is 16.3 Å². The summed E-state index contributed by atoms with van der Waals surface area (Å²) in [5.41, 5.74) is 2.71. The average molecular weight is 423 g/mol. The van der Waals surface area contributed by atoms with Crippen molar-refractivity contribution in [3.05, 3.63) is 35.7 Å². The Labute approximate surface area is 170 Å². The number of aromatic nitrogens is 2. The quantitative estimate of drug-likeness (QED) is 0.694. The molecule has 9 heteroatoms. The number of aryl methyl sites for hydroxylation is 1. The topological polar surface area (TPSA) is 107 Å². The first kappa shape index (κ1) is 20.9. The van der Waals surface area contributed by atoms with Crippen molar-refractivity contribution in [2.45, 2.75) is 62.0 Å². The van der Waals surface area contributed by atoms with Crippen LogP contribution in [0.4, 0.5) is 5.69 Å². The second-order valence-electron chi connectivity index (χ2n) is 7.13. The van der Waals surface area contributed by atoms with E-state index in [9.17, 15) is 13.2 Å². The van der Waals surface area contributed by atoms with Gasteiger partial charge in [-0.1, -0.05) is 31.0 Å². The number of rotatable bonds is 6. The molecule has 0 atom stereocenters. The molecule has 1 aliphatic rings. The molecule has 1 amide bonds. The Kier molecular flexibility index (Phi) is 6.47. The van der Waals surface area contributed by atoms with E-state index in [4.69, 9.17) is 5.14 Å². The number of sulfonamides is 1. The van der Waals surface area contributed by atoms with Gasteiger partial charge in [0.25, 0.3) is 0 Å². The van der Waals surface area contributed by atoms with E-state index in [1.54, 1.807) is 0 Å². The van der Waals surface area contributed by atoms with Crippen molar-refractivity contribution in [1.82, 2.24) is 9.55 Å². The number of carbonyl (C=O) groups excluding carboxylic acids is 1. The average Bonchev–Trinajstić information content (AvgIpc) is 2.94. The lowest BCUT2D eigenvalue weighted by molar-refractivity contribution is -0.113. The van der Waals surface area contributed by atoms with Crippen molar-refractivity contribution >= 4 is 33.4 Å². The number of anilines is 1. The summed E-state index contributed by atoms with van der Waals surface area (Å²) in [4.78, 5) is 17.0. The molecule has 2 aromatic rings. The monoisotopic (exact) mass is 422 g/mol. The van der Waals surface area contributed by atoms with Crippen LogP contribution in [0.3, 0.4) is 0 Å². The fourth-order valence-corrected chi connectivity index (χ4v) is 5.00. The van der Waals surface area contributed by atoms with E-state index in [-0.39, 0.29) is 16.6 Å².